The van der Waals surface area contributed by atoms with Gasteiger partial charge in [0, 0.05) is 19.7 Å². The number of rotatable bonds is 6. The zero-order valence-electron chi connectivity index (χ0n) is 14.9. The maximum atomic E-state index is 12.4. The van der Waals surface area contributed by atoms with Crippen molar-refractivity contribution >= 4 is 39.9 Å². The van der Waals surface area contributed by atoms with Gasteiger partial charge in [0.15, 0.2) is 16.1 Å². The van der Waals surface area contributed by atoms with Crippen molar-refractivity contribution < 1.29 is 19.4 Å². The normalized spacial score (nSPS) is 19.9. The number of thiazole rings is 1. The van der Waals surface area contributed by atoms with Gasteiger partial charge in [-0.1, -0.05) is 22.9 Å². The average molecular weight is 414 g/mol. The number of halogens is 1. The van der Waals surface area contributed by atoms with Crippen LogP contribution in [0.5, 0.6) is 0 Å². The zero-order chi connectivity index (χ0) is 19.6. The van der Waals surface area contributed by atoms with Crippen LogP contribution in [0.1, 0.15) is 39.3 Å². The summed E-state index contributed by atoms with van der Waals surface area (Å²) < 4.78 is 5.81. The van der Waals surface area contributed by atoms with Crippen LogP contribution in [0.15, 0.2) is 6.20 Å². The largest absolute Gasteiger partial charge is 0.477 e. The lowest BCUT2D eigenvalue weighted by Gasteiger charge is -2.38. The molecule has 1 amide bonds. The van der Waals surface area contributed by atoms with Crippen LogP contribution >= 0.6 is 22.9 Å². The topological polar surface area (TPSA) is 120 Å². The predicted octanol–water partition coefficient (Wildman–Crippen LogP) is 1.94. The molecule has 3 N–H and O–H groups in total. The number of aromatic amines is 1. The smallest absolute Gasteiger partial charge is 0.347 e. The maximum Gasteiger partial charge on any atom is 0.347 e. The lowest BCUT2D eigenvalue weighted by molar-refractivity contribution is 0.0271. The number of carboxylic acids is 1. The van der Waals surface area contributed by atoms with Gasteiger partial charge in [-0.3, -0.25) is 4.79 Å². The minimum absolute atomic E-state index is 0.168. The van der Waals surface area contributed by atoms with E-state index in [1.54, 1.807) is 6.92 Å². The number of carboxylic acid groups (broad SMARTS) is 1. The maximum absolute atomic E-state index is 12.4. The van der Waals surface area contributed by atoms with Crippen molar-refractivity contribution in [2.24, 2.45) is 0 Å². The van der Waals surface area contributed by atoms with E-state index in [0.717, 1.165) is 11.3 Å². The minimum Gasteiger partial charge on any atom is -0.477 e. The third kappa shape index (κ3) is 4.40. The number of carbonyl (C=O) groups excluding carboxylic acids is 1. The van der Waals surface area contributed by atoms with Crippen molar-refractivity contribution in [3.05, 3.63) is 27.7 Å². The number of hydrogen-bond acceptors (Lipinski definition) is 7. The summed E-state index contributed by atoms with van der Waals surface area (Å²) in [6.45, 7) is 5.25. The number of aromatic carboxylic acids is 1. The number of nitrogens with one attached hydrogen (secondary N) is 2. The first-order valence-corrected chi connectivity index (χ1v) is 9.67. The van der Waals surface area contributed by atoms with Crippen LogP contribution in [0.4, 0.5) is 5.13 Å². The molecule has 2 aromatic rings. The van der Waals surface area contributed by atoms with Crippen molar-refractivity contribution in [1.29, 1.82) is 0 Å². The molecule has 0 aromatic carbocycles. The van der Waals surface area contributed by atoms with Gasteiger partial charge < -0.3 is 25.0 Å². The predicted molar refractivity (Wildman–Crippen MR) is 101 cm³/mol. The van der Waals surface area contributed by atoms with Crippen molar-refractivity contribution in [3.8, 4) is 0 Å². The summed E-state index contributed by atoms with van der Waals surface area (Å²) in [4.78, 5) is 36.7. The molecule has 0 aliphatic carbocycles. The van der Waals surface area contributed by atoms with Crippen LogP contribution in [-0.2, 0) is 4.74 Å². The van der Waals surface area contributed by atoms with Crippen molar-refractivity contribution in [2.75, 3.05) is 24.6 Å². The minimum atomic E-state index is -0.991. The monoisotopic (exact) mass is 413 g/mol. The van der Waals surface area contributed by atoms with Gasteiger partial charge in [-0.2, -0.15) is 0 Å². The van der Waals surface area contributed by atoms with Crippen LogP contribution in [0.3, 0.4) is 0 Å². The lowest BCUT2D eigenvalue weighted by Crippen LogP contribution is -2.55. The molecule has 0 radical (unpaired) electrons. The van der Waals surface area contributed by atoms with Gasteiger partial charge in [0.2, 0.25) is 0 Å². The van der Waals surface area contributed by atoms with Gasteiger partial charge >= 0.3 is 5.97 Å². The highest BCUT2D eigenvalue weighted by molar-refractivity contribution is 7.17. The molecular formula is C16H20ClN5O4S. The number of nitrogens with zero attached hydrogens (tertiary/aromatic N) is 3. The Labute approximate surface area is 164 Å². The molecule has 1 fully saturated rings. The lowest BCUT2D eigenvalue weighted by atomic mass is 10.0. The van der Waals surface area contributed by atoms with E-state index in [1.807, 2.05) is 11.8 Å². The number of piperidine rings is 1. The summed E-state index contributed by atoms with van der Waals surface area (Å²) in [6.07, 6.45) is 1.73. The molecule has 11 heteroatoms. The second kappa shape index (κ2) is 8.24. The van der Waals surface area contributed by atoms with Crippen LogP contribution in [0, 0.1) is 6.92 Å². The highest BCUT2D eigenvalue weighted by Gasteiger charge is 2.33. The van der Waals surface area contributed by atoms with Crippen molar-refractivity contribution in [2.45, 2.75) is 32.4 Å². The van der Waals surface area contributed by atoms with Crippen LogP contribution in [-0.4, -0.2) is 63.8 Å². The summed E-state index contributed by atoms with van der Waals surface area (Å²) in [5, 5.41) is 12.9. The highest BCUT2D eigenvalue weighted by Crippen LogP contribution is 2.27. The Morgan fingerprint density at radius 1 is 1.56 bits per heavy atom. The number of H-pyrrole nitrogens is 1. The molecular weight excluding hydrogens is 394 g/mol. The molecule has 1 aliphatic heterocycles. The van der Waals surface area contributed by atoms with Gasteiger partial charge in [0.1, 0.15) is 4.88 Å². The van der Waals surface area contributed by atoms with E-state index < -0.39 is 5.97 Å². The highest BCUT2D eigenvalue weighted by atomic mass is 35.5. The Kier molecular flexibility index (Phi) is 5.98. The summed E-state index contributed by atoms with van der Waals surface area (Å²) in [6, 6.07) is -0.197. The molecule has 1 saturated heterocycles. The van der Waals surface area contributed by atoms with Gasteiger partial charge in [-0.05, 0) is 20.3 Å². The second-order valence-electron chi connectivity index (χ2n) is 6.12. The molecule has 2 aromatic heterocycles. The average Bonchev–Trinajstić information content (AvgIpc) is 3.24. The fourth-order valence-electron chi connectivity index (χ4n) is 2.93. The Bertz CT molecular complexity index is 819. The first-order valence-electron chi connectivity index (χ1n) is 8.47. The first kappa shape index (κ1) is 19.6. The number of aryl methyl sites for hydroxylation is 1. The molecule has 0 bridgehead atoms. The molecule has 2 atom stereocenters. The number of carbonyl (C=O) groups is 2. The number of amides is 1. The SMILES string of the molecule is CCO[C@@H]1CN(c2ncc(C(=O)O)s2)CC[C@@H]1NC(=O)c1nc(Cl)c(C)[nH]1. The van der Waals surface area contributed by atoms with Crippen molar-refractivity contribution in [1.82, 2.24) is 20.3 Å². The fraction of sp³-hybridized carbons (Fsp3) is 0.500. The molecule has 0 unspecified atom stereocenters. The number of imidazole rings is 1. The van der Waals surface area contributed by atoms with Crippen LogP contribution in [0.2, 0.25) is 5.15 Å². The van der Waals surface area contributed by atoms with Gasteiger partial charge in [-0.25, -0.2) is 14.8 Å². The van der Waals surface area contributed by atoms with Gasteiger partial charge in [0.25, 0.3) is 5.91 Å². The molecule has 3 rings (SSSR count). The van der Waals surface area contributed by atoms with E-state index in [2.05, 4.69) is 20.3 Å². The van der Waals surface area contributed by atoms with Crippen LogP contribution < -0.4 is 10.2 Å². The molecule has 9 nitrogen and oxygen atoms in total. The molecule has 146 valence electrons. The fourth-order valence-corrected chi connectivity index (χ4v) is 3.85. The Balaban J connectivity index is 1.68. The third-order valence-electron chi connectivity index (χ3n) is 4.27. The summed E-state index contributed by atoms with van der Waals surface area (Å²) >= 11 is 7.03. The second-order valence-corrected chi connectivity index (χ2v) is 7.49. The molecule has 1 aliphatic rings. The summed E-state index contributed by atoms with van der Waals surface area (Å²) in [5.41, 5.74) is 0.635. The number of aromatic nitrogens is 3. The number of hydrogen-bond donors (Lipinski definition) is 3. The first-order chi connectivity index (χ1) is 12.9. The Hall–Kier alpha value is -2.17. The van der Waals surface area contributed by atoms with E-state index in [0.29, 0.717) is 36.9 Å². The van der Waals surface area contributed by atoms with E-state index in [9.17, 15) is 9.59 Å². The molecule has 27 heavy (non-hydrogen) atoms. The van der Waals surface area contributed by atoms with Gasteiger partial charge in [-0.15, -0.1) is 0 Å². The van der Waals surface area contributed by atoms with E-state index in [-0.39, 0.29) is 33.9 Å². The number of ether oxygens (including phenoxy) is 1. The Morgan fingerprint density at radius 3 is 2.93 bits per heavy atom. The van der Waals surface area contributed by atoms with E-state index >= 15 is 0 Å². The zero-order valence-corrected chi connectivity index (χ0v) is 16.4. The molecule has 0 spiro atoms. The quantitative estimate of drug-likeness (QED) is 0.661. The standard InChI is InChI=1S/C16H20ClN5O4S/c1-3-26-10-7-22(16-18-6-11(27-16)15(24)25)5-4-9(10)20-14(23)13-19-8(2)12(17)21-13/h6,9-10H,3-5,7H2,1-2H3,(H,19,21)(H,20,23)(H,24,25)/t9-,10+/m0/s1. The van der Waals surface area contributed by atoms with Gasteiger partial charge in [0.05, 0.1) is 24.0 Å². The molecule has 3 heterocycles. The van der Waals surface area contributed by atoms with E-state index in [1.165, 1.54) is 6.20 Å². The van der Waals surface area contributed by atoms with Crippen LogP contribution in [0.25, 0.3) is 0 Å². The summed E-state index contributed by atoms with van der Waals surface area (Å²) in [7, 11) is 0. The summed E-state index contributed by atoms with van der Waals surface area (Å²) in [5.74, 6) is -1.16. The third-order valence-corrected chi connectivity index (χ3v) is 5.69. The van der Waals surface area contributed by atoms with E-state index in [4.69, 9.17) is 21.4 Å². The Morgan fingerprint density at radius 2 is 2.33 bits per heavy atom. The van der Waals surface area contributed by atoms with Crippen molar-refractivity contribution in [3.63, 3.8) is 0 Å². The number of anilines is 1. The molecule has 0 saturated carbocycles.